The van der Waals surface area contributed by atoms with Gasteiger partial charge in [-0.1, -0.05) is 32.9 Å². The highest BCUT2D eigenvalue weighted by Crippen LogP contribution is 2.27. The fourth-order valence-corrected chi connectivity index (χ4v) is 3.62. The summed E-state index contributed by atoms with van der Waals surface area (Å²) in [5.74, 6) is 3.02. The molecule has 1 saturated heterocycles. The lowest BCUT2D eigenvalue weighted by Crippen LogP contribution is -2.48. The van der Waals surface area contributed by atoms with Crippen LogP contribution >= 0.6 is 0 Å². The Balaban J connectivity index is 1.59. The molecule has 1 aliphatic rings. The topological polar surface area (TPSA) is 54.7 Å². The third-order valence-corrected chi connectivity index (χ3v) is 5.27. The molecule has 1 aromatic heterocycles. The van der Waals surface area contributed by atoms with Crippen LogP contribution in [0.2, 0.25) is 0 Å². The Kier molecular flexibility index (Phi) is 6.95. The van der Waals surface area contributed by atoms with Gasteiger partial charge in [0.05, 0.1) is 19.0 Å². The summed E-state index contributed by atoms with van der Waals surface area (Å²) < 4.78 is 8.07. The zero-order valence-electron chi connectivity index (χ0n) is 17.5. The molecule has 1 fully saturated rings. The minimum absolute atomic E-state index is 0.419. The fourth-order valence-electron chi connectivity index (χ4n) is 3.62. The molecule has 28 heavy (non-hydrogen) atoms. The molecule has 0 bridgehead atoms. The van der Waals surface area contributed by atoms with Gasteiger partial charge in [-0.3, -0.25) is 4.99 Å². The van der Waals surface area contributed by atoms with Gasteiger partial charge in [0.25, 0.3) is 0 Å². The first-order chi connectivity index (χ1) is 13.6. The van der Waals surface area contributed by atoms with E-state index in [4.69, 9.17) is 4.74 Å². The first kappa shape index (κ1) is 20.2. The van der Waals surface area contributed by atoms with Crippen LogP contribution in [0.15, 0.2) is 48.0 Å². The van der Waals surface area contributed by atoms with E-state index in [0.717, 1.165) is 44.4 Å². The van der Waals surface area contributed by atoms with Gasteiger partial charge in [-0.05, 0) is 36.0 Å². The summed E-state index contributed by atoms with van der Waals surface area (Å²) in [5, 5.41) is 3.52. The molecule has 0 radical (unpaired) electrons. The van der Waals surface area contributed by atoms with Crippen LogP contribution in [0.1, 0.15) is 38.8 Å². The summed E-state index contributed by atoms with van der Waals surface area (Å²) in [6, 6.07) is 8.71. The Morgan fingerprint density at radius 1 is 1.39 bits per heavy atom. The zero-order chi connectivity index (χ0) is 19.9. The molecular weight excluding hydrogens is 350 g/mol. The van der Waals surface area contributed by atoms with Crippen molar-refractivity contribution in [2.24, 2.45) is 16.8 Å². The van der Waals surface area contributed by atoms with Gasteiger partial charge in [0.2, 0.25) is 0 Å². The smallest absolute Gasteiger partial charge is 0.193 e. The van der Waals surface area contributed by atoms with E-state index in [1.54, 1.807) is 0 Å². The highest BCUT2D eigenvalue weighted by molar-refractivity contribution is 5.80. The molecule has 1 aliphatic heterocycles. The van der Waals surface area contributed by atoms with E-state index in [0.29, 0.717) is 17.9 Å². The number of benzene rings is 1. The molecule has 2 unspecified atom stereocenters. The van der Waals surface area contributed by atoms with E-state index in [9.17, 15) is 0 Å². The number of hydrogen-bond acceptors (Lipinski definition) is 3. The van der Waals surface area contributed by atoms with Gasteiger partial charge < -0.3 is 19.5 Å². The second-order valence-electron chi connectivity index (χ2n) is 8.04. The maximum absolute atomic E-state index is 5.85. The highest BCUT2D eigenvalue weighted by Gasteiger charge is 2.28. The lowest BCUT2D eigenvalue weighted by atomic mass is 9.93. The molecule has 2 atom stereocenters. The number of hydrogen-bond donors (Lipinski definition) is 1. The van der Waals surface area contributed by atoms with Gasteiger partial charge in [0.1, 0.15) is 5.75 Å². The number of guanidine groups is 1. The number of rotatable bonds is 6. The van der Waals surface area contributed by atoms with Crippen molar-refractivity contribution in [3.8, 4) is 5.75 Å². The number of piperidine rings is 1. The van der Waals surface area contributed by atoms with Crippen molar-refractivity contribution in [3.05, 3.63) is 48.5 Å². The number of nitrogens with zero attached hydrogens (tertiary/aromatic N) is 4. The van der Waals surface area contributed by atoms with Crippen LogP contribution in [-0.2, 0) is 6.54 Å². The second kappa shape index (κ2) is 9.62. The van der Waals surface area contributed by atoms with Crippen molar-refractivity contribution >= 4 is 5.96 Å². The van der Waals surface area contributed by atoms with Crippen LogP contribution < -0.4 is 10.1 Å². The predicted octanol–water partition coefficient (Wildman–Crippen LogP) is 3.58. The largest absolute Gasteiger partial charge is 0.493 e. The number of aromatic nitrogens is 2. The Labute approximate surface area is 168 Å². The lowest BCUT2D eigenvalue weighted by molar-refractivity contribution is 0.189. The van der Waals surface area contributed by atoms with E-state index in [1.165, 1.54) is 5.56 Å². The summed E-state index contributed by atoms with van der Waals surface area (Å²) in [6.45, 7) is 10.1. The number of likely N-dealkylation sites (tertiary alicyclic amines) is 1. The summed E-state index contributed by atoms with van der Waals surface area (Å²) in [5.41, 5.74) is 1.19. The Morgan fingerprint density at radius 3 is 2.96 bits per heavy atom. The van der Waals surface area contributed by atoms with Gasteiger partial charge in [-0.2, -0.15) is 0 Å². The maximum atomic E-state index is 5.85. The van der Waals surface area contributed by atoms with Crippen LogP contribution in [0.4, 0.5) is 0 Å². The maximum Gasteiger partial charge on any atom is 0.193 e. The van der Waals surface area contributed by atoms with E-state index >= 15 is 0 Å². The average Bonchev–Trinajstić information content (AvgIpc) is 3.23. The van der Waals surface area contributed by atoms with Crippen LogP contribution in [-0.4, -0.2) is 47.2 Å². The van der Waals surface area contributed by atoms with Crippen molar-refractivity contribution < 1.29 is 4.74 Å². The van der Waals surface area contributed by atoms with Gasteiger partial charge >= 0.3 is 0 Å². The van der Waals surface area contributed by atoms with Gasteiger partial charge in [-0.15, -0.1) is 0 Å². The molecule has 3 rings (SSSR count). The number of nitrogens with one attached hydrogen (secondary N) is 1. The molecule has 152 valence electrons. The molecule has 0 amide bonds. The van der Waals surface area contributed by atoms with E-state index in [1.807, 2.05) is 31.7 Å². The van der Waals surface area contributed by atoms with Crippen LogP contribution in [0, 0.1) is 11.8 Å². The lowest BCUT2D eigenvalue weighted by Gasteiger charge is -2.39. The normalized spacial score (nSPS) is 20.5. The second-order valence-corrected chi connectivity index (χ2v) is 8.04. The summed E-state index contributed by atoms with van der Waals surface area (Å²) in [4.78, 5) is 11.1. The molecule has 6 heteroatoms. The number of aliphatic imine (C=N–C) groups is 1. The Morgan fingerprint density at radius 2 is 2.25 bits per heavy atom. The van der Waals surface area contributed by atoms with Gasteiger partial charge in [-0.25, -0.2) is 4.98 Å². The van der Waals surface area contributed by atoms with Crippen LogP contribution in [0.5, 0.6) is 5.75 Å². The highest BCUT2D eigenvalue weighted by atomic mass is 16.5. The Bertz CT molecular complexity index is 756. The predicted molar refractivity (Wildman–Crippen MR) is 114 cm³/mol. The molecule has 1 N–H and O–H groups in total. The molecule has 0 aliphatic carbocycles. The van der Waals surface area contributed by atoms with Crippen molar-refractivity contribution in [2.75, 3.05) is 26.7 Å². The molecule has 0 spiro atoms. The summed E-state index contributed by atoms with van der Waals surface area (Å²) >= 11 is 0. The molecule has 1 aromatic carbocycles. The van der Waals surface area contributed by atoms with Crippen molar-refractivity contribution in [2.45, 2.75) is 39.8 Å². The monoisotopic (exact) mass is 383 g/mol. The van der Waals surface area contributed by atoms with E-state index in [2.05, 4.69) is 63.9 Å². The van der Waals surface area contributed by atoms with E-state index < -0.39 is 0 Å². The number of ether oxygens (including phenoxy) is 1. The van der Waals surface area contributed by atoms with Crippen molar-refractivity contribution in [3.63, 3.8) is 0 Å². The molecular formula is C22H33N5O. The van der Waals surface area contributed by atoms with Crippen LogP contribution in [0.25, 0.3) is 0 Å². The molecule has 6 nitrogen and oxygen atoms in total. The number of imidazole rings is 1. The SMILES string of the molecule is CN=C(NCc1cccc(OCC(C)C)c1)N1CCC(C)C(n2ccnc2)C1. The van der Waals surface area contributed by atoms with Gasteiger partial charge in [0.15, 0.2) is 5.96 Å². The van der Waals surface area contributed by atoms with Crippen molar-refractivity contribution in [1.82, 2.24) is 19.8 Å². The quantitative estimate of drug-likeness (QED) is 0.612. The van der Waals surface area contributed by atoms with Crippen molar-refractivity contribution in [1.29, 1.82) is 0 Å². The zero-order valence-corrected chi connectivity index (χ0v) is 17.5. The minimum atomic E-state index is 0.419. The fraction of sp³-hybridized carbons (Fsp3) is 0.545. The minimum Gasteiger partial charge on any atom is -0.493 e. The molecule has 2 heterocycles. The van der Waals surface area contributed by atoms with Gasteiger partial charge in [0, 0.05) is 39.1 Å². The Hall–Kier alpha value is -2.50. The summed E-state index contributed by atoms with van der Waals surface area (Å²) in [7, 11) is 1.86. The third kappa shape index (κ3) is 5.27. The first-order valence-corrected chi connectivity index (χ1v) is 10.2. The standard InChI is InChI=1S/C22H33N5O/c1-17(2)15-28-20-7-5-6-19(12-20)13-25-22(23-4)26-10-8-18(3)21(14-26)27-11-9-24-16-27/h5-7,9,11-12,16-18,21H,8,10,13-15H2,1-4H3,(H,23,25). The van der Waals surface area contributed by atoms with E-state index in [-0.39, 0.29) is 0 Å². The third-order valence-electron chi connectivity index (χ3n) is 5.27. The van der Waals surface area contributed by atoms with Crippen LogP contribution in [0.3, 0.4) is 0 Å². The first-order valence-electron chi connectivity index (χ1n) is 10.2. The summed E-state index contributed by atoms with van der Waals surface area (Å²) in [6.07, 6.45) is 6.97. The average molecular weight is 384 g/mol. The molecule has 2 aromatic rings. The molecule has 0 saturated carbocycles.